The fourth-order valence-corrected chi connectivity index (χ4v) is 5.41. The summed E-state index contributed by atoms with van der Waals surface area (Å²) in [6, 6.07) is 4.96. The monoisotopic (exact) mass is 374 g/mol. The third-order valence-electron chi connectivity index (χ3n) is 3.65. The molecular weight excluding hydrogens is 352 g/mol. The third kappa shape index (κ3) is 5.02. The van der Waals surface area contributed by atoms with Crippen molar-refractivity contribution in [1.82, 2.24) is 10.0 Å². The Balaban J connectivity index is 2.05. The Labute approximate surface area is 142 Å². The standard InChI is InChI=1S/C15H22N2O5S2/c1-11(2)9-16-15(18)12-3-5-14(6-4-12)24(21,22)17-13-7-8-23(19,20)10-13/h3-6,11,13,17H,7-10H2,1-2H3,(H,16,18)/t13-/m0/s1. The number of amides is 1. The SMILES string of the molecule is CC(C)CNC(=O)c1ccc(S(=O)(=O)N[C@H]2CCS(=O)(=O)C2)cc1. The molecule has 0 saturated carbocycles. The smallest absolute Gasteiger partial charge is 0.251 e. The molecule has 1 aromatic carbocycles. The number of rotatable bonds is 6. The molecular formula is C15H22N2O5S2. The molecule has 0 aliphatic carbocycles. The molecule has 24 heavy (non-hydrogen) atoms. The second kappa shape index (κ2) is 7.20. The minimum Gasteiger partial charge on any atom is -0.352 e. The van der Waals surface area contributed by atoms with E-state index in [2.05, 4.69) is 10.0 Å². The van der Waals surface area contributed by atoms with Crippen LogP contribution in [0.1, 0.15) is 30.6 Å². The van der Waals surface area contributed by atoms with Crippen molar-refractivity contribution in [2.75, 3.05) is 18.1 Å². The topological polar surface area (TPSA) is 109 Å². The van der Waals surface area contributed by atoms with Crippen molar-refractivity contribution in [3.63, 3.8) is 0 Å². The lowest BCUT2D eigenvalue weighted by molar-refractivity contribution is 0.0949. The van der Waals surface area contributed by atoms with E-state index >= 15 is 0 Å². The quantitative estimate of drug-likeness (QED) is 0.755. The second-order valence-electron chi connectivity index (χ2n) is 6.35. The van der Waals surface area contributed by atoms with Crippen LogP contribution in [0.2, 0.25) is 0 Å². The number of benzene rings is 1. The van der Waals surface area contributed by atoms with Crippen LogP contribution in [-0.4, -0.2) is 46.8 Å². The summed E-state index contributed by atoms with van der Waals surface area (Å²) in [7, 11) is -6.97. The van der Waals surface area contributed by atoms with E-state index in [1.165, 1.54) is 24.3 Å². The molecule has 9 heteroatoms. The molecule has 1 aromatic rings. The van der Waals surface area contributed by atoms with Crippen molar-refractivity contribution < 1.29 is 21.6 Å². The first-order valence-electron chi connectivity index (χ1n) is 7.70. The second-order valence-corrected chi connectivity index (χ2v) is 10.3. The molecule has 1 saturated heterocycles. The number of carbonyl (C=O) groups is 1. The zero-order valence-corrected chi connectivity index (χ0v) is 15.3. The van der Waals surface area contributed by atoms with Gasteiger partial charge in [0, 0.05) is 18.2 Å². The van der Waals surface area contributed by atoms with Crippen LogP contribution in [-0.2, 0) is 19.9 Å². The van der Waals surface area contributed by atoms with Crippen LogP contribution < -0.4 is 10.0 Å². The van der Waals surface area contributed by atoms with Gasteiger partial charge in [-0.2, -0.15) is 0 Å². The van der Waals surface area contributed by atoms with Crippen molar-refractivity contribution in [2.45, 2.75) is 31.2 Å². The Bertz CT molecular complexity index is 799. The van der Waals surface area contributed by atoms with Gasteiger partial charge in [-0.3, -0.25) is 4.79 Å². The Morgan fingerprint density at radius 2 is 1.88 bits per heavy atom. The van der Waals surface area contributed by atoms with Gasteiger partial charge in [0.15, 0.2) is 9.84 Å². The first kappa shape index (κ1) is 18.9. The van der Waals surface area contributed by atoms with Crippen LogP contribution in [0.3, 0.4) is 0 Å². The third-order valence-corrected chi connectivity index (χ3v) is 6.96. The predicted octanol–water partition coefficient (Wildman–Crippen LogP) is 0.538. The van der Waals surface area contributed by atoms with Gasteiger partial charge in [-0.15, -0.1) is 0 Å². The normalized spacial score (nSPS) is 20.2. The maximum absolute atomic E-state index is 12.3. The zero-order chi connectivity index (χ0) is 18.0. The highest BCUT2D eigenvalue weighted by atomic mass is 32.2. The van der Waals surface area contributed by atoms with E-state index in [1.807, 2.05) is 13.8 Å². The molecule has 2 N–H and O–H groups in total. The Morgan fingerprint density at radius 3 is 2.38 bits per heavy atom. The van der Waals surface area contributed by atoms with Gasteiger partial charge in [0.25, 0.3) is 5.91 Å². The van der Waals surface area contributed by atoms with Gasteiger partial charge in [0.05, 0.1) is 16.4 Å². The lowest BCUT2D eigenvalue weighted by Gasteiger charge is -2.12. The maximum Gasteiger partial charge on any atom is 0.251 e. The number of sulfone groups is 1. The van der Waals surface area contributed by atoms with Crippen molar-refractivity contribution in [3.8, 4) is 0 Å². The number of nitrogens with one attached hydrogen (secondary N) is 2. The van der Waals surface area contributed by atoms with Crippen molar-refractivity contribution >= 4 is 25.8 Å². The lowest BCUT2D eigenvalue weighted by Crippen LogP contribution is -2.35. The van der Waals surface area contributed by atoms with Crippen molar-refractivity contribution in [2.24, 2.45) is 5.92 Å². The first-order chi connectivity index (χ1) is 11.1. The lowest BCUT2D eigenvalue weighted by atomic mass is 10.2. The number of hydrogen-bond donors (Lipinski definition) is 2. The summed E-state index contributed by atoms with van der Waals surface area (Å²) < 4.78 is 49.8. The largest absolute Gasteiger partial charge is 0.352 e. The van der Waals surface area contributed by atoms with Gasteiger partial charge in [0.2, 0.25) is 10.0 Å². The zero-order valence-electron chi connectivity index (χ0n) is 13.7. The summed E-state index contributed by atoms with van der Waals surface area (Å²) in [5.74, 6) is -0.125. The molecule has 1 aliphatic heterocycles. The molecule has 0 aromatic heterocycles. The molecule has 134 valence electrons. The molecule has 1 amide bonds. The van der Waals surface area contributed by atoms with Gasteiger partial charge in [-0.25, -0.2) is 21.6 Å². The van der Waals surface area contributed by atoms with Crippen LogP contribution in [0.15, 0.2) is 29.2 Å². The molecule has 7 nitrogen and oxygen atoms in total. The average molecular weight is 374 g/mol. The van der Waals surface area contributed by atoms with Crippen LogP contribution >= 0.6 is 0 Å². The minimum absolute atomic E-state index is 0.00481. The molecule has 1 atom stereocenters. The van der Waals surface area contributed by atoms with Crippen molar-refractivity contribution in [1.29, 1.82) is 0 Å². The highest BCUT2D eigenvalue weighted by molar-refractivity contribution is 7.92. The van der Waals surface area contributed by atoms with E-state index in [9.17, 15) is 21.6 Å². The number of carbonyl (C=O) groups excluding carboxylic acids is 1. The Kier molecular flexibility index (Phi) is 5.67. The molecule has 1 heterocycles. The van der Waals surface area contributed by atoms with Crippen LogP contribution in [0.5, 0.6) is 0 Å². The van der Waals surface area contributed by atoms with Crippen LogP contribution in [0, 0.1) is 5.92 Å². The van der Waals surface area contributed by atoms with E-state index in [1.54, 1.807) is 0 Å². The molecule has 2 rings (SSSR count). The highest BCUT2D eigenvalue weighted by Crippen LogP contribution is 2.16. The number of hydrogen-bond acceptors (Lipinski definition) is 5. The summed E-state index contributed by atoms with van der Waals surface area (Å²) in [6.07, 6.45) is 0.275. The molecule has 0 unspecified atom stereocenters. The van der Waals surface area contributed by atoms with Gasteiger partial charge in [-0.05, 0) is 36.6 Å². The molecule has 0 radical (unpaired) electrons. The fraction of sp³-hybridized carbons (Fsp3) is 0.533. The van der Waals surface area contributed by atoms with Gasteiger partial charge in [-0.1, -0.05) is 13.8 Å². The maximum atomic E-state index is 12.3. The van der Waals surface area contributed by atoms with Crippen LogP contribution in [0.4, 0.5) is 0 Å². The van der Waals surface area contributed by atoms with Gasteiger partial charge in [0.1, 0.15) is 0 Å². The highest BCUT2D eigenvalue weighted by Gasteiger charge is 2.31. The Morgan fingerprint density at radius 1 is 1.25 bits per heavy atom. The average Bonchev–Trinajstić information content (AvgIpc) is 2.83. The van der Waals surface area contributed by atoms with Crippen molar-refractivity contribution in [3.05, 3.63) is 29.8 Å². The van der Waals surface area contributed by atoms with E-state index in [4.69, 9.17) is 0 Å². The van der Waals surface area contributed by atoms with E-state index in [0.29, 0.717) is 18.0 Å². The molecule has 0 spiro atoms. The summed E-state index contributed by atoms with van der Waals surface area (Å²) in [5, 5.41) is 2.75. The van der Waals surface area contributed by atoms with E-state index in [0.717, 1.165) is 0 Å². The first-order valence-corrected chi connectivity index (χ1v) is 11.0. The summed E-state index contributed by atoms with van der Waals surface area (Å²) in [4.78, 5) is 11.9. The van der Waals surface area contributed by atoms with Gasteiger partial charge < -0.3 is 5.32 Å². The Hall–Kier alpha value is -1.45. The van der Waals surface area contributed by atoms with E-state index in [-0.39, 0.29) is 28.7 Å². The summed E-state index contributed by atoms with van der Waals surface area (Å²) in [5.41, 5.74) is 0.373. The summed E-state index contributed by atoms with van der Waals surface area (Å²) >= 11 is 0. The van der Waals surface area contributed by atoms with E-state index < -0.39 is 25.9 Å². The van der Waals surface area contributed by atoms with Gasteiger partial charge >= 0.3 is 0 Å². The molecule has 1 aliphatic rings. The fourth-order valence-electron chi connectivity index (χ4n) is 2.36. The molecule has 1 fully saturated rings. The van der Waals surface area contributed by atoms with Crippen LogP contribution in [0.25, 0.3) is 0 Å². The number of sulfonamides is 1. The minimum atomic E-state index is -3.81. The predicted molar refractivity (Wildman–Crippen MR) is 91.0 cm³/mol. The molecule has 0 bridgehead atoms. The summed E-state index contributed by atoms with van der Waals surface area (Å²) in [6.45, 7) is 4.49.